The van der Waals surface area contributed by atoms with Gasteiger partial charge in [-0.25, -0.2) is 0 Å². The fourth-order valence-electron chi connectivity index (χ4n) is 1.49. The van der Waals surface area contributed by atoms with Crippen molar-refractivity contribution in [3.05, 3.63) is 23.3 Å². The number of Topliss-reactive ketones (excluding diaryl/α,β-unsaturated/α-hetero) is 1. The number of benzene rings is 1. The van der Waals surface area contributed by atoms with E-state index >= 15 is 0 Å². The molecule has 1 aromatic carbocycles. The quantitative estimate of drug-likeness (QED) is 0.836. The number of phenols is 1. The molecule has 0 aromatic heterocycles. The molecule has 0 heterocycles. The highest BCUT2D eigenvalue weighted by Gasteiger charge is 2.39. The number of alkyl halides is 3. The lowest BCUT2D eigenvalue weighted by Gasteiger charge is -2.16. The second-order valence-corrected chi connectivity index (χ2v) is 3.32. The summed E-state index contributed by atoms with van der Waals surface area (Å²) >= 11 is 0. The molecule has 0 saturated carbocycles. The lowest BCUT2D eigenvalue weighted by molar-refractivity contribution is -0.139. The van der Waals surface area contributed by atoms with Gasteiger partial charge in [0.05, 0.1) is 12.2 Å². The Balaban J connectivity index is 3.56. The minimum absolute atomic E-state index is 0.0329. The van der Waals surface area contributed by atoms with E-state index in [4.69, 9.17) is 4.74 Å². The molecule has 0 unspecified atom stereocenters. The lowest BCUT2D eigenvalue weighted by Crippen LogP contribution is -2.14. The number of halogens is 3. The molecule has 3 nitrogen and oxygen atoms in total. The third-order valence-corrected chi connectivity index (χ3v) is 2.08. The van der Waals surface area contributed by atoms with Crippen LogP contribution in [0.4, 0.5) is 13.2 Å². The van der Waals surface area contributed by atoms with Gasteiger partial charge in [-0.15, -0.1) is 0 Å². The van der Waals surface area contributed by atoms with E-state index < -0.39 is 34.6 Å². The first-order chi connectivity index (χ1) is 7.79. The molecule has 0 aliphatic heterocycles. The molecule has 6 heteroatoms. The summed E-state index contributed by atoms with van der Waals surface area (Å²) in [5.74, 6) is -2.02. The molecule has 0 saturated heterocycles. The molecule has 1 rings (SSSR count). The van der Waals surface area contributed by atoms with Crippen molar-refractivity contribution < 1.29 is 27.8 Å². The first-order valence-corrected chi connectivity index (χ1v) is 4.86. The van der Waals surface area contributed by atoms with Crippen LogP contribution in [0.5, 0.6) is 11.5 Å². The van der Waals surface area contributed by atoms with Crippen LogP contribution in [-0.4, -0.2) is 17.5 Å². The lowest BCUT2D eigenvalue weighted by atomic mass is 10.0. The van der Waals surface area contributed by atoms with Crippen molar-refractivity contribution in [2.24, 2.45) is 0 Å². The number of aromatic hydroxyl groups is 1. The Hall–Kier alpha value is -1.72. The van der Waals surface area contributed by atoms with Gasteiger partial charge in [-0.1, -0.05) is 0 Å². The second kappa shape index (κ2) is 4.65. The van der Waals surface area contributed by atoms with Crippen molar-refractivity contribution in [1.82, 2.24) is 0 Å². The predicted octanol–water partition coefficient (Wildman–Crippen LogP) is 3.01. The molecule has 0 spiro atoms. The predicted molar refractivity (Wildman–Crippen MR) is 54.3 cm³/mol. The van der Waals surface area contributed by atoms with Gasteiger partial charge in [0.25, 0.3) is 0 Å². The number of hydrogen-bond donors (Lipinski definition) is 1. The van der Waals surface area contributed by atoms with Gasteiger partial charge in [-0.2, -0.15) is 13.2 Å². The van der Waals surface area contributed by atoms with Crippen molar-refractivity contribution in [3.63, 3.8) is 0 Å². The first-order valence-electron chi connectivity index (χ1n) is 4.86. The van der Waals surface area contributed by atoms with Crippen LogP contribution in [0, 0.1) is 0 Å². The Morgan fingerprint density at radius 3 is 2.41 bits per heavy atom. The molecular formula is C11H11F3O3. The van der Waals surface area contributed by atoms with E-state index in [2.05, 4.69) is 0 Å². The average molecular weight is 248 g/mol. The van der Waals surface area contributed by atoms with Gasteiger partial charge in [0.15, 0.2) is 5.78 Å². The van der Waals surface area contributed by atoms with Gasteiger partial charge in [0.2, 0.25) is 0 Å². The van der Waals surface area contributed by atoms with E-state index in [0.717, 1.165) is 19.1 Å². The molecule has 0 aliphatic rings. The molecule has 0 radical (unpaired) electrons. The maximum Gasteiger partial charge on any atom is 0.420 e. The molecule has 94 valence electrons. The van der Waals surface area contributed by atoms with Crippen LogP contribution >= 0.6 is 0 Å². The van der Waals surface area contributed by atoms with Crippen LogP contribution in [0.2, 0.25) is 0 Å². The molecule has 1 N–H and O–H groups in total. The molecule has 17 heavy (non-hydrogen) atoms. The number of ketones is 1. The Morgan fingerprint density at radius 2 is 2.00 bits per heavy atom. The molecule has 1 aromatic rings. The summed E-state index contributed by atoms with van der Waals surface area (Å²) in [6, 6.07) is 2.01. The normalized spacial score (nSPS) is 11.4. The molecule has 0 amide bonds. The van der Waals surface area contributed by atoms with Crippen LogP contribution in [0.3, 0.4) is 0 Å². The highest BCUT2D eigenvalue weighted by molar-refractivity contribution is 5.99. The Bertz CT molecular complexity index is 438. The van der Waals surface area contributed by atoms with Crippen LogP contribution in [0.15, 0.2) is 12.1 Å². The van der Waals surface area contributed by atoms with Crippen LogP contribution < -0.4 is 4.74 Å². The highest BCUT2D eigenvalue weighted by Crippen LogP contribution is 2.42. The van der Waals surface area contributed by atoms with Gasteiger partial charge < -0.3 is 9.84 Å². The van der Waals surface area contributed by atoms with Gasteiger partial charge in [-0.05, 0) is 26.0 Å². The molecule has 0 bridgehead atoms. The number of ether oxygens (including phenoxy) is 1. The maximum atomic E-state index is 12.8. The third kappa shape index (κ3) is 2.69. The first kappa shape index (κ1) is 13.3. The van der Waals surface area contributed by atoms with Crippen molar-refractivity contribution in [3.8, 4) is 11.5 Å². The summed E-state index contributed by atoms with van der Waals surface area (Å²) in [7, 11) is 0. The zero-order chi connectivity index (χ0) is 13.2. The van der Waals surface area contributed by atoms with Gasteiger partial charge in [0, 0.05) is 0 Å². The molecule has 0 fully saturated rings. The second-order valence-electron chi connectivity index (χ2n) is 3.32. The summed E-state index contributed by atoms with van der Waals surface area (Å²) < 4.78 is 43.3. The monoisotopic (exact) mass is 248 g/mol. The fourth-order valence-corrected chi connectivity index (χ4v) is 1.49. The van der Waals surface area contributed by atoms with E-state index in [1.54, 1.807) is 0 Å². The molecule has 0 atom stereocenters. The van der Waals surface area contributed by atoms with Crippen LogP contribution in [0.1, 0.15) is 29.8 Å². The summed E-state index contributed by atoms with van der Waals surface area (Å²) in [4.78, 5) is 11.2. The van der Waals surface area contributed by atoms with E-state index in [1.807, 2.05) is 0 Å². The Labute approximate surface area is 95.8 Å². The zero-order valence-corrected chi connectivity index (χ0v) is 9.26. The van der Waals surface area contributed by atoms with E-state index in [0.29, 0.717) is 0 Å². The van der Waals surface area contributed by atoms with Crippen molar-refractivity contribution in [1.29, 1.82) is 0 Å². The number of carbonyl (C=O) groups excluding carboxylic acids is 1. The van der Waals surface area contributed by atoms with Gasteiger partial charge in [0.1, 0.15) is 17.1 Å². The Kier molecular flexibility index (Phi) is 3.65. The van der Waals surface area contributed by atoms with Gasteiger partial charge >= 0.3 is 6.18 Å². The van der Waals surface area contributed by atoms with E-state index in [9.17, 15) is 23.1 Å². The van der Waals surface area contributed by atoms with Crippen molar-refractivity contribution in [2.75, 3.05) is 6.61 Å². The average Bonchev–Trinajstić information content (AvgIpc) is 2.18. The number of carbonyl (C=O) groups is 1. The highest BCUT2D eigenvalue weighted by atomic mass is 19.4. The topological polar surface area (TPSA) is 46.5 Å². The number of hydrogen-bond acceptors (Lipinski definition) is 3. The standard InChI is InChI=1S/C11H11F3O3/c1-3-17-8-5-4-7(16)9(6(2)15)10(8)11(12,13)14/h4-5,16H,3H2,1-2H3. The van der Waals surface area contributed by atoms with E-state index in [1.165, 1.54) is 6.92 Å². The molecule has 0 aliphatic carbocycles. The van der Waals surface area contributed by atoms with Crippen LogP contribution in [-0.2, 0) is 6.18 Å². The number of rotatable bonds is 3. The minimum atomic E-state index is -4.76. The van der Waals surface area contributed by atoms with Crippen molar-refractivity contribution >= 4 is 5.78 Å². The maximum absolute atomic E-state index is 12.8. The van der Waals surface area contributed by atoms with Crippen LogP contribution in [0.25, 0.3) is 0 Å². The number of phenolic OH excluding ortho intramolecular Hbond substituents is 1. The summed E-state index contributed by atoms with van der Waals surface area (Å²) in [6.07, 6.45) is -4.76. The third-order valence-electron chi connectivity index (χ3n) is 2.08. The minimum Gasteiger partial charge on any atom is -0.507 e. The molecular weight excluding hydrogens is 237 g/mol. The fraction of sp³-hybridized carbons (Fsp3) is 0.364. The Morgan fingerprint density at radius 1 is 1.41 bits per heavy atom. The van der Waals surface area contributed by atoms with E-state index in [-0.39, 0.29) is 6.61 Å². The zero-order valence-electron chi connectivity index (χ0n) is 9.26. The smallest absolute Gasteiger partial charge is 0.420 e. The largest absolute Gasteiger partial charge is 0.507 e. The summed E-state index contributed by atoms with van der Waals surface area (Å²) in [6.45, 7) is 2.52. The SMILES string of the molecule is CCOc1ccc(O)c(C(C)=O)c1C(F)(F)F. The van der Waals surface area contributed by atoms with Gasteiger partial charge in [-0.3, -0.25) is 4.79 Å². The summed E-state index contributed by atoms with van der Waals surface area (Å²) in [5, 5.41) is 9.34. The summed E-state index contributed by atoms with van der Waals surface area (Å²) in [5.41, 5.74) is -1.99. The van der Waals surface area contributed by atoms with Crippen molar-refractivity contribution in [2.45, 2.75) is 20.0 Å².